The number of thiazole rings is 1. The quantitative estimate of drug-likeness (QED) is 0.542. The highest BCUT2D eigenvalue weighted by Crippen LogP contribution is 2.28. The number of carbonyl (C=O) groups is 2. The lowest BCUT2D eigenvalue weighted by atomic mass is 10.1. The Hall–Kier alpha value is -2.71. The van der Waals surface area contributed by atoms with E-state index in [1.165, 1.54) is 35.2 Å². The summed E-state index contributed by atoms with van der Waals surface area (Å²) >= 11 is 2.75. The molecule has 1 aliphatic carbocycles. The van der Waals surface area contributed by atoms with Crippen LogP contribution in [-0.2, 0) is 4.79 Å². The molecule has 4 rings (SSSR count). The van der Waals surface area contributed by atoms with Crippen molar-refractivity contribution in [1.82, 2.24) is 10.3 Å². The van der Waals surface area contributed by atoms with Crippen LogP contribution >= 0.6 is 23.1 Å². The molecular formula is C21H18FN3O2S2. The van der Waals surface area contributed by atoms with Crippen molar-refractivity contribution in [1.29, 1.82) is 0 Å². The van der Waals surface area contributed by atoms with Gasteiger partial charge >= 0.3 is 0 Å². The third-order valence-electron chi connectivity index (χ3n) is 4.31. The number of aromatic nitrogens is 1. The van der Waals surface area contributed by atoms with Crippen molar-refractivity contribution in [2.75, 3.05) is 11.1 Å². The Kier molecular flexibility index (Phi) is 5.92. The minimum Gasteiger partial charge on any atom is -0.349 e. The Morgan fingerprint density at radius 2 is 1.90 bits per heavy atom. The average Bonchev–Trinajstić information content (AvgIpc) is 3.41. The lowest BCUT2D eigenvalue weighted by Crippen LogP contribution is -2.27. The molecule has 0 bridgehead atoms. The van der Waals surface area contributed by atoms with Gasteiger partial charge in [-0.15, -0.1) is 11.3 Å². The summed E-state index contributed by atoms with van der Waals surface area (Å²) in [6, 6.07) is 13.4. The molecule has 2 amide bonds. The van der Waals surface area contributed by atoms with E-state index in [9.17, 15) is 14.0 Å². The number of hydrogen-bond acceptors (Lipinski definition) is 5. The molecule has 1 aliphatic rings. The highest BCUT2D eigenvalue weighted by Gasteiger charge is 2.25. The summed E-state index contributed by atoms with van der Waals surface area (Å²) in [5.74, 6) is -0.490. The minimum atomic E-state index is -0.290. The van der Waals surface area contributed by atoms with Crippen LogP contribution in [0.3, 0.4) is 0 Å². The zero-order valence-corrected chi connectivity index (χ0v) is 17.0. The Morgan fingerprint density at radius 1 is 1.14 bits per heavy atom. The van der Waals surface area contributed by atoms with Gasteiger partial charge in [0, 0.05) is 17.0 Å². The largest absolute Gasteiger partial charge is 0.349 e. The summed E-state index contributed by atoms with van der Waals surface area (Å²) in [4.78, 5) is 29.2. The molecule has 0 atom stereocenters. The van der Waals surface area contributed by atoms with E-state index in [0.29, 0.717) is 11.3 Å². The molecule has 148 valence electrons. The average molecular weight is 428 g/mol. The van der Waals surface area contributed by atoms with Gasteiger partial charge in [-0.1, -0.05) is 23.9 Å². The van der Waals surface area contributed by atoms with Crippen LogP contribution in [0.5, 0.6) is 0 Å². The molecule has 29 heavy (non-hydrogen) atoms. The molecule has 2 N–H and O–H groups in total. The topological polar surface area (TPSA) is 71.1 Å². The number of para-hydroxylation sites is 1. The molecule has 0 spiro atoms. The summed E-state index contributed by atoms with van der Waals surface area (Å²) < 4.78 is 13.8. The van der Waals surface area contributed by atoms with Crippen LogP contribution < -0.4 is 10.6 Å². The fourth-order valence-electron chi connectivity index (χ4n) is 2.67. The van der Waals surface area contributed by atoms with E-state index in [1.54, 1.807) is 36.4 Å². The number of nitrogens with zero attached hydrogens (tertiary/aromatic N) is 1. The maximum absolute atomic E-state index is 13.0. The van der Waals surface area contributed by atoms with Crippen LogP contribution in [0, 0.1) is 5.82 Å². The standard InChI is InChI=1S/C21H18FN3O2S2/c22-14-7-5-13(6-8-14)18-11-28-21(25-18)29-12-19(26)24-17-4-2-1-3-16(17)20(27)23-15-9-10-15/h1-8,11,15H,9-10,12H2,(H,23,27)(H,24,26). The predicted molar refractivity (Wildman–Crippen MR) is 114 cm³/mol. The van der Waals surface area contributed by atoms with E-state index in [1.807, 2.05) is 5.38 Å². The van der Waals surface area contributed by atoms with Gasteiger partial charge in [0.2, 0.25) is 5.91 Å². The Bertz CT molecular complexity index is 1030. The fourth-order valence-corrected chi connectivity index (χ4v) is 4.31. The molecule has 3 aromatic rings. The second kappa shape index (κ2) is 8.75. The zero-order valence-electron chi connectivity index (χ0n) is 15.4. The van der Waals surface area contributed by atoms with Crippen molar-refractivity contribution in [3.8, 4) is 11.3 Å². The van der Waals surface area contributed by atoms with Crippen LogP contribution in [0.25, 0.3) is 11.3 Å². The second-order valence-corrected chi connectivity index (χ2v) is 8.72. The lowest BCUT2D eigenvalue weighted by Gasteiger charge is -2.10. The third-order valence-corrected chi connectivity index (χ3v) is 6.33. The van der Waals surface area contributed by atoms with E-state index in [0.717, 1.165) is 28.4 Å². The fraction of sp³-hybridized carbons (Fsp3) is 0.190. The van der Waals surface area contributed by atoms with Crippen molar-refractivity contribution in [2.24, 2.45) is 0 Å². The van der Waals surface area contributed by atoms with Crippen LogP contribution in [0.2, 0.25) is 0 Å². The number of benzene rings is 2. The number of hydrogen-bond donors (Lipinski definition) is 2. The molecule has 0 aliphatic heterocycles. The van der Waals surface area contributed by atoms with Crippen LogP contribution in [0.1, 0.15) is 23.2 Å². The van der Waals surface area contributed by atoms with Gasteiger partial charge in [0.1, 0.15) is 5.82 Å². The summed E-state index contributed by atoms with van der Waals surface area (Å²) in [5.41, 5.74) is 2.54. The summed E-state index contributed by atoms with van der Waals surface area (Å²) in [5, 5.41) is 7.63. The molecular weight excluding hydrogens is 409 g/mol. The molecule has 1 fully saturated rings. The number of amides is 2. The number of anilines is 1. The van der Waals surface area contributed by atoms with Crippen molar-refractivity contribution < 1.29 is 14.0 Å². The number of rotatable bonds is 7. The third kappa shape index (κ3) is 5.21. The van der Waals surface area contributed by atoms with Crippen LogP contribution in [-0.4, -0.2) is 28.6 Å². The Labute approximate surface area is 175 Å². The Balaban J connectivity index is 1.35. The van der Waals surface area contributed by atoms with Crippen molar-refractivity contribution in [3.63, 3.8) is 0 Å². The monoisotopic (exact) mass is 427 g/mol. The van der Waals surface area contributed by atoms with Gasteiger partial charge in [0.15, 0.2) is 4.34 Å². The van der Waals surface area contributed by atoms with Gasteiger partial charge in [-0.05, 0) is 49.2 Å². The number of halogens is 1. The number of nitrogens with one attached hydrogen (secondary N) is 2. The first kappa shape index (κ1) is 19.6. The molecule has 5 nitrogen and oxygen atoms in total. The van der Waals surface area contributed by atoms with Gasteiger partial charge in [-0.25, -0.2) is 9.37 Å². The predicted octanol–water partition coefficient (Wildman–Crippen LogP) is 4.57. The molecule has 0 radical (unpaired) electrons. The zero-order chi connectivity index (χ0) is 20.2. The first-order chi connectivity index (χ1) is 14.1. The van der Waals surface area contributed by atoms with Crippen LogP contribution in [0.15, 0.2) is 58.3 Å². The van der Waals surface area contributed by atoms with Crippen molar-refractivity contribution in [3.05, 3.63) is 65.3 Å². The van der Waals surface area contributed by atoms with Gasteiger partial charge in [0.05, 0.1) is 22.7 Å². The molecule has 1 aromatic heterocycles. The second-order valence-electron chi connectivity index (χ2n) is 6.64. The Morgan fingerprint density at radius 3 is 2.66 bits per heavy atom. The normalized spacial score (nSPS) is 13.1. The molecule has 1 heterocycles. The number of thioether (sulfide) groups is 1. The molecule has 2 aromatic carbocycles. The van der Waals surface area contributed by atoms with E-state index < -0.39 is 0 Å². The van der Waals surface area contributed by atoms with Gasteiger partial charge < -0.3 is 10.6 Å². The summed E-state index contributed by atoms with van der Waals surface area (Å²) in [6.45, 7) is 0. The minimum absolute atomic E-state index is 0.167. The summed E-state index contributed by atoms with van der Waals surface area (Å²) in [7, 11) is 0. The number of carbonyl (C=O) groups excluding carboxylic acids is 2. The van der Waals surface area contributed by atoms with Crippen molar-refractivity contribution >= 4 is 40.6 Å². The van der Waals surface area contributed by atoms with Gasteiger partial charge in [-0.3, -0.25) is 9.59 Å². The highest BCUT2D eigenvalue weighted by atomic mass is 32.2. The van der Waals surface area contributed by atoms with E-state index in [-0.39, 0.29) is 29.4 Å². The summed E-state index contributed by atoms with van der Waals surface area (Å²) in [6.07, 6.45) is 2.01. The van der Waals surface area contributed by atoms with E-state index in [2.05, 4.69) is 15.6 Å². The first-order valence-electron chi connectivity index (χ1n) is 9.12. The van der Waals surface area contributed by atoms with Crippen LogP contribution in [0.4, 0.5) is 10.1 Å². The lowest BCUT2D eigenvalue weighted by molar-refractivity contribution is -0.113. The maximum atomic E-state index is 13.0. The molecule has 1 saturated carbocycles. The molecule has 0 unspecified atom stereocenters. The van der Waals surface area contributed by atoms with E-state index in [4.69, 9.17) is 0 Å². The van der Waals surface area contributed by atoms with Gasteiger partial charge in [0.25, 0.3) is 5.91 Å². The maximum Gasteiger partial charge on any atom is 0.253 e. The smallest absolute Gasteiger partial charge is 0.253 e. The molecule has 8 heteroatoms. The first-order valence-corrected chi connectivity index (χ1v) is 11.0. The van der Waals surface area contributed by atoms with Gasteiger partial charge in [-0.2, -0.15) is 0 Å². The molecule has 0 saturated heterocycles. The van der Waals surface area contributed by atoms with Crippen molar-refractivity contribution in [2.45, 2.75) is 23.2 Å². The van der Waals surface area contributed by atoms with E-state index >= 15 is 0 Å². The SMILES string of the molecule is O=C(CSc1nc(-c2ccc(F)cc2)cs1)Nc1ccccc1C(=O)NC1CC1. The highest BCUT2D eigenvalue weighted by molar-refractivity contribution is 8.01.